The van der Waals surface area contributed by atoms with E-state index in [4.69, 9.17) is 0 Å². The SMILES string of the molecule is [Al][O][Al].[Ca+2].[Ca+2].[OH-].[OH-].[OH-].[OH-]. The molecule has 0 saturated carbocycles. The van der Waals surface area contributed by atoms with Crippen molar-refractivity contribution in [3.05, 3.63) is 0 Å². The third-order valence-corrected chi connectivity index (χ3v) is 0. The fourth-order valence-corrected chi connectivity index (χ4v) is 0. The minimum Gasteiger partial charge on any atom is -0.870 e. The molecule has 0 spiro atoms. The quantitative estimate of drug-likeness (QED) is 0.422. The fraction of sp³-hybridized carbons (Fsp3) is 0. The van der Waals surface area contributed by atoms with Gasteiger partial charge >= 0.3 is 109 Å². The third kappa shape index (κ3) is 87.5. The van der Waals surface area contributed by atoms with Crippen molar-refractivity contribution in [3.8, 4) is 0 Å². The van der Waals surface area contributed by atoms with Gasteiger partial charge in [-0.05, 0) is 0 Å². The standard InChI is InChI=1S/2Al.2Ca.4H2O.O/h;;;;4*1H2;/q;;2*+2;;;;;/p-4. The van der Waals surface area contributed by atoms with Crippen LogP contribution in [0.4, 0.5) is 0 Å². The Morgan fingerprint density at radius 1 is 0.667 bits per heavy atom. The van der Waals surface area contributed by atoms with Crippen LogP contribution >= 0.6 is 0 Å². The van der Waals surface area contributed by atoms with Gasteiger partial charge in [0, 0.05) is 0 Å². The minimum atomic E-state index is 0. The summed E-state index contributed by atoms with van der Waals surface area (Å²) in [6.45, 7) is 0. The van der Waals surface area contributed by atoms with Gasteiger partial charge < -0.3 is 24.7 Å². The second-order valence-corrected chi connectivity index (χ2v) is 1.22. The third-order valence-electron chi connectivity index (χ3n) is 0. The molecule has 0 unspecified atom stereocenters. The molecule has 0 rings (SSSR count). The van der Waals surface area contributed by atoms with Crippen molar-refractivity contribution in [1.82, 2.24) is 0 Å². The van der Waals surface area contributed by atoms with Crippen LogP contribution in [0.3, 0.4) is 0 Å². The van der Waals surface area contributed by atoms with Crippen LogP contribution in [0.15, 0.2) is 0 Å². The van der Waals surface area contributed by atoms with Crippen molar-refractivity contribution < 1.29 is 24.7 Å². The second kappa shape index (κ2) is 63.9. The van der Waals surface area contributed by atoms with E-state index in [1.807, 2.05) is 33.2 Å². The van der Waals surface area contributed by atoms with Crippen LogP contribution < -0.4 is 0 Å². The van der Waals surface area contributed by atoms with Crippen LogP contribution in [0, 0.1) is 0 Å². The maximum Gasteiger partial charge on any atom is 2.00 e. The molecular formula is H4Al2Ca2O5. The van der Waals surface area contributed by atoms with Gasteiger partial charge in [0.1, 0.15) is 0 Å². The zero-order chi connectivity index (χ0) is 2.71. The molecule has 4 N–H and O–H groups in total. The van der Waals surface area contributed by atoms with E-state index in [2.05, 4.69) is 2.84 Å². The molecule has 0 aliphatic carbocycles. The van der Waals surface area contributed by atoms with Crippen molar-refractivity contribution in [1.29, 1.82) is 0 Å². The monoisotopic (exact) mass is 218 g/mol. The molecule has 0 bridgehead atoms. The van der Waals surface area contributed by atoms with E-state index in [9.17, 15) is 0 Å². The van der Waals surface area contributed by atoms with Crippen LogP contribution in [0.2, 0.25) is 0 Å². The van der Waals surface area contributed by atoms with Gasteiger partial charge in [0.05, 0.1) is 0 Å². The summed E-state index contributed by atoms with van der Waals surface area (Å²) in [6, 6.07) is 0. The molecule has 0 aliphatic rings. The number of hydrogen-bond donors (Lipinski definition) is 0. The van der Waals surface area contributed by atoms with E-state index in [1.165, 1.54) is 0 Å². The Kier molecular flexibility index (Phi) is 393. The van der Waals surface area contributed by atoms with Gasteiger partial charge in [-0.25, -0.2) is 0 Å². The Hall–Kier alpha value is 3.38. The van der Waals surface area contributed by atoms with Crippen LogP contribution in [0.1, 0.15) is 0 Å². The first-order chi connectivity index (χ1) is 1.41. The van der Waals surface area contributed by atoms with Gasteiger partial charge in [0.15, 0.2) is 0 Å². The number of rotatable bonds is 0. The predicted octanol–water partition coefficient (Wildman–Crippen LogP) is -2.30. The predicted molar refractivity (Wildman–Crippen MR) is 31.8 cm³/mol. The molecule has 0 aromatic heterocycles. The van der Waals surface area contributed by atoms with Crippen molar-refractivity contribution in [2.24, 2.45) is 0 Å². The van der Waals surface area contributed by atoms with Crippen LogP contribution in [0.25, 0.3) is 0 Å². The van der Waals surface area contributed by atoms with Crippen molar-refractivity contribution in [2.75, 3.05) is 0 Å². The van der Waals surface area contributed by atoms with Crippen LogP contribution in [-0.4, -0.2) is 131 Å². The van der Waals surface area contributed by atoms with Crippen molar-refractivity contribution >= 4 is 109 Å². The first kappa shape index (κ1) is 55.4. The molecule has 0 fully saturated rings. The molecule has 0 heterocycles. The molecule has 0 aromatic carbocycles. The molecule has 0 atom stereocenters. The topological polar surface area (TPSA) is 129 Å². The zero-order valence-electron chi connectivity index (χ0n) is 4.77. The maximum absolute atomic E-state index is 4.08. The van der Waals surface area contributed by atoms with E-state index in [1.54, 1.807) is 0 Å². The molecule has 0 aromatic rings. The molecule has 9 heavy (non-hydrogen) atoms. The fourth-order valence-electron chi connectivity index (χ4n) is 0. The molecule has 9 heteroatoms. The summed E-state index contributed by atoms with van der Waals surface area (Å²) in [5.41, 5.74) is 0. The minimum absolute atomic E-state index is 0. The first-order valence-corrected chi connectivity index (χ1v) is 1.41. The Labute approximate surface area is 131 Å². The normalized spacial score (nSPS) is 1.78. The summed E-state index contributed by atoms with van der Waals surface area (Å²) >= 11 is 4.08. The largest absolute Gasteiger partial charge is 2.00 e. The van der Waals surface area contributed by atoms with E-state index in [0.717, 1.165) is 0 Å². The summed E-state index contributed by atoms with van der Waals surface area (Å²) in [4.78, 5) is 0. The van der Waals surface area contributed by atoms with Crippen LogP contribution in [0.5, 0.6) is 0 Å². The van der Waals surface area contributed by atoms with Crippen molar-refractivity contribution in [3.63, 3.8) is 0 Å². The Morgan fingerprint density at radius 3 is 0.667 bits per heavy atom. The zero-order valence-corrected chi connectivity index (χ0v) is 11.5. The molecule has 0 aliphatic heterocycles. The van der Waals surface area contributed by atoms with Gasteiger partial charge in [-0.2, -0.15) is 0 Å². The van der Waals surface area contributed by atoms with Crippen molar-refractivity contribution in [2.45, 2.75) is 0 Å². The van der Waals surface area contributed by atoms with Gasteiger partial charge in [-0.1, -0.05) is 0 Å². The molecule has 0 amide bonds. The Bertz CT molecular complexity index is 12.9. The van der Waals surface area contributed by atoms with E-state index in [-0.39, 0.29) is 97.4 Å². The molecule has 5 nitrogen and oxygen atoms in total. The van der Waals surface area contributed by atoms with Gasteiger partial charge in [0.25, 0.3) is 0 Å². The average molecular weight is 218 g/mol. The summed E-state index contributed by atoms with van der Waals surface area (Å²) in [6.07, 6.45) is 0. The maximum atomic E-state index is 4.08. The van der Waals surface area contributed by atoms with E-state index >= 15 is 0 Å². The molecule has 44 valence electrons. The van der Waals surface area contributed by atoms with Gasteiger partial charge in [-0.15, -0.1) is 0 Å². The second-order valence-electron chi connectivity index (χ2n) is 0.136. The molecular weight excluding hydrogens is 214 g/mol. The summed E-state index contributed by atoms with van der Waals surface area (Å²) in [5, 5.41) is 0. The Balaban J connectivity index is -0.00000000133. The van der Waals surface area contributed by atoms with Crippen LogP contribution in [-0.2, 0) is 2.84 Å². The summed E-state index contributed by atoms with van der Waals surface area (Å²) in [5.74, 6) is 0. The summed E-state index contributed by atoms with van der Waals surface area (Å²) in [7, 11) is 0. The van der Waals surface area contributed by atoms with Gasteiger partial charge in [-0.3, -0.25) is 0 Å². The average Bonchev–Trinajstić information content (AvgIpc) is 0.918. The van der Waals surface area contributed by atoms with Gasteiger partial charge in [0.2, 0.25) is 0 Å². The molecule has 0 saturated heterocycles. The Morgan fingerprint density at radius 2 is 0.667 bits per heavy atom. The molecule has 4 radical (unpaired) electrons. The van der Waals surface area contributed by atoms with E-state index < -0.39 is 0 Å². The van der Waals surface area contributed by atoms with E-state index in [0.29, 0.717) is 0 Å². The summed E-state index contributed by atoms with van der Waals surface area (Å²) < 4.78 is 4.08. The number of hydrogen-bond acceptors (Lipinski definition) is 5. The first-order valence-electron chi connectivity index (χ1n) is 0.471. The smallest absolute Gasteiger partial charge is 0.870 e.